The molecule has 1 atom stereocenters. The second-order valence-corrected chi connectivity index (χ2v) is 9.02. The Labute approximate surface area is 145 Å². The van der Waals surface area contributed by atoms with Gasteiger partial charge >= 0.3 is 6.03 Å². The number of thiazole rings is 1. The van der Waals surface area contributed by atoms with Crippen LogP contribution in [0.25, 0.3) is 0 Å². The van der Waals surface area contributed by atoms with Crippen LogP contribution in [0.15, 0.2) is 41.9 Å². The number of sulfone groups is 1. The molecule has 0 radical (unpaired) electrons. The van der Waals surface area contributed by atoms with Gasteiger partial charge in [-0.05, 0) is 12.0 Å². The van der Waals surface area contributed by atoms with E-state index in [1.54, 1.807) is 11.1 Å². The van der Waals surface area contributed by atoms with Gasteiger partial charge < -0.3 is 10.2 Å². The number of nitrogens with one attached hydrogen (secondary N) is 1. The summed E-state index contributed by atoms with van der Waals surface area (Å²) in [7, 11) is -3.02. The summed E-state index contributed by atoms with van der Waals surface area (Å²) in [4.78, 5) is 18.5. The van der Waals surface area contributed by atoms with Crippen molar-refractivity contribution in [2.24, 2.45) is 0 Å². The van der Waals surface area contributed by atoms with Crippen molar-refractivity contribution in [2.75, 3.05) is 11.5 Å². The molecule has 128 valence electrons. The number of hydrogen-bond acceptors (Lipinski definition) is 5. The highest BCUT2D eigenvalue weighted by atomic mass is 32.2. The lowest BCUT2D eigenvalue weighted by atomic mass is 10.2. The molecule has 8 heteroatoms. The van der Waals surface area contributed by atoms with Crippen molar-refractivity contribution in [2.45, 2.75) is 25.6 Å². The van der Waals surface area contributed by atoms with Gasteiger partial charge in [0.25, 0.3) is 0 Å². The molecule has 3 rings (SSSR count). The summed E-state index contributed by atoms with van der Waals surface area (Å²) in [5, 5.41) is 5.57. The minimum absolute atomic E-state index is 0.0230. The lowest BCUT2D eigenvalue weighted by Crippen LogP contribution is -2.44. The third-order valence-corrected chi connectivity index (χ3v) is 6.41. The van der Waals surface area contributed by atoms with Crippen LogP contribution in [0, 0.1) is 0 Å². The number of urea groups is 1. The average Bonchev–Trinajstić information content (AvgIpc) is 3.17. The van der Waals surface area contributed by atoms with Crippen molar-refractivity contribution in [3.05, 3.63) is 52.5 Å². The fourth-order valence-corrected chi connectivity index (χ4v) is 4.98. The number of carbonyl (C=O) groups is 1. The Morgan fingerprint density at radius 3 is 2.71 bits per heavy atom. The van der Waals surface area contributed by atoms with Crippen LogP contribution in [0.2, 0.25) is 0 Å². The van der Waals surface area contributed by atoms with Crippen molar-refractivity contribution in [1.29, 1.82) is 0 Å². The van der Waals surface area contributed by atoms with E-state index in [9.17, 15) is 13.2 Å². The van der Waals surface area contributed by atoms with Crippen molar-refractivity contribution in [1.82, 2.24) is 15.2 Å². The van der Waals surface area contributed by atoms with E-state index < -0.39 is 9.84 Å². The van der Waals surface area contributed by atoms with E-state index in [1.807, 2.05) is 35.7 Å². The average molecular weight is 365 g/mol. The minimum atomic E-state index is -3.02. The summed E-state index contributed by atoms with van der Waals surface area (Å²) in [6.45, 7) is 0.851. The Morgan fingerprint density at radius 1 is 1.29 bits per heavy atom. The predicted molar refractivity (Wildman–Crippen MR) is 93.4 cm³/mol. The number of hydrogen-bond donors (Lipinski definition) is 1. The van der Waals surface area contributed by atoms with E-state index in [-0.39, 0.29) is 23.6 Å². The highest BCUT2D eigenvalue weighted by Crippen LogP contribution is 2.15. The monoisotopic (exact) mass is 365 g/mol. The van der Waals surface area contributed by atoms with E-state index in [0.717, 1.165) is 10.6 Å². The maximum absolute atomic E-state index is 12.6. The zero-order valence-electron chi connectivity index (χ0n) is 13.1. The Balaban J connectivity index is 1.69. The summed E-state index contributed by atoms with van der Waals surface area (Å²) in [5.74, 6) is 0.165. The van der Waals surface area contributed by atoms with E-state index in [2.05, 4.69) is 10.3 Å². The summed E-state index contributed by atoms with van der Waals surface area (Å²) in [6, 6.07) is 9.15. The Hall–Kier alpha value is -1.93. The molecule has 6 nitrogen and oxygen atoms in total. The third kappa shape index (κ3) is 4.55. The molecule has 2 amide bonds. The zero-order valence-corrected chi connectivity index (χ0v) is 14.7. The highest BCUT2D eigenvalue weighted by molar-refractivity contribution is 7.91. The van der Waals surface area contributed by atoms with E-state index in [0.29, 0.717) is 19.5 Å². The Kier molecular flexibility index (Phi) is 5.15. The molecule has 1 N–H and O–H groups in total. The van der Waals surface area contributed by atoms with Gasteiger partial charge in [0, 0.05) is 24.2 Å². The quantitative estimate of drug-likeness (QED) is 0.879. The number of rotatable bonds is 5. The summed E-state index contributed by atoms with van der Waals surface area (Å²) >= 11 is 1.49. The molecule has 1 aliphatic heterocycles. The molecule has 1 saturated heterocycles. The van der Waals surface area contributed by atoms with Crippen LogP contribution >= 0.6 is 11.3 Å². The summed E-state index contributed by atoms with van der Waals surface area (Å²) < 4.78 is 23.1. The van der Waals surface area contributed by atoms with Gasteiger partial charge in [0.1, 0.15) is 5.01 Å². The van der Waals surface area contributed by atoms with Crippen LogP contribution in [0.4, 0.5) is 4.79 Å². The molecule has 0 unspecified atom stereocenters. The number of benzene rings is 1. The van der Waals surface area contributed by atoms with Gasteiger partial charge in [0.05, 0.1) is 18.1 Å². The fourth-order valence-electron chi connectivity index (χ4n) is 2.67. The fraction of sp³-hybridized carbons (Fsp3) is 0.375. The Bertz CT molecular complexity index is 776. The Morgan fingerprint density at radius 2 is 2.08 bits per heavy atom. The molecular weight excluding hydrogens is 346 g/mol. The second kappa shape index (κ2) is 7.31. The van der Waals surface area contributed by atoms with Gasteiger partial charge in [-0.1, -0.05) is 30.3 Å². The molecule has 0 saturated carbocycles. The predicted octanol–water partition coefficient (Wildman–Crippen LogP) is 2.04. The second-order valence-electron chi connectivity index (χ2n) is 5.82. The largest absolute Gasteiger partial charge is 0.334 e. The van der Waals surface area contributed by atoms with E-state index in [4.69, 9.17) is 0 Å². The molecule has 1 aromatic carbocycles. The standard InChI is InChI=1S/C16H19N3O3S2/c20-16(18-14-6-9-24(21,22)12-14)19(11-15-17-7-8-23-15)10-13-4-2-1-3-5-13/h1-5,7-8,14H,6,9-12H2,(H,18,20)/t14-/m0/s1. The summed E-state index contributed by atoms with van der Waals surface area (Å²) in [5.41, 5.74) is 1.02. The number of aromatic nitrogens is 1. The van der Waals surface area contributed by atoms with Crippen LogP contribution in [0.1, 0.15) is 17.0 Å². The van der Waals surface area contributed by atoms with Crippen LogP contribution in [0.5, 0.6) is 0 Å². The highest BCUT2D eigenvalue weighted by Gasteiger charge is 2.30. The normalized spacial score (nSPS) is 19.1. The van der Waals surface area contributed by atoms with E-state index in [1.165, 1.54) is 11.3 Å². The van der Waals surface area contributed by atoms with E-state index >= 15 is 0 Å². The zero-order chi connectivity index (χ0) is 17.0. The van der Waals surface area contributed by atoms with Gasteiger partial charge in [-0.2, -0.15) is 0 Å². The molecule has 2 aromatic rings. The van der Waals surface area contributed by atoms with Crippen LogP contribution in [-0.2, 0) is 22.9 Å². The molecular formula is C16H19N3O3S2. The smallest absolute Gasteiger partial charge is 0.318 e. The number of nitrogens with zero attached hydrogens (tertiary/aromatic N) is 2. The maximum Gasteiger partial charge on any atom is 0.318 e. The van der Waals surface area contributed by atoms with Gasteiger partial charge in [-0.3, -0.25) is 0 Å². The molecule has 1 aromatic heterocycles. The van der Waals surface area contributed by atoms with Crippen molar-refractivity contribution in [3.63, 3.8) is 0 Å². The molecule has 0 spiro atoms. The van der Waals surface area contributed by atoms with Gasteiger partial charge in [-0.25, -0.2) is 18.2 Å². The molecule has 1 aliphatic rings. The maximum atomic E-state index is 12.6. The molecule has 0 aliphatic carbocycles. The lowest BCUT2D eigenvalue weighted by molar-refractivity contribution is 0.189. The van der Waals surface area contributed by atoms with Gasteiger partial charge in [0.2, 0.25) is 0 Å². The minimum Gasteiger partial charge on any atom is -0.334 e. The first-order chi connectivity index (χ1) is 11.5. The third-order valence-electron chi connectivity index (χ3n) is 3.87. The van der Waals surface area contributed by atoms with Gasteiger partial charge in [0.15, 0.2) is 9.84 Å². The first-order valence-electron chi connectivity index (χ1n) is 7.70. The molecule has 1 fully saturated rings. The molecule has 24 heavy (non-hydrogen) atoms. The first-order valence-corrected chi connectivity index (χ1v) is 10.4. The molecule has 0 bridgehead atoms. The lowest BCUT2D eigenvalue weighted by Gasteiger charge is -2.24. The number of carbonyl (C=O) groups excluding carboxylic acids is 1. The first kappa shape index (κ1) is 16.9. The summed E-state index contributed by atoms with van der Waals surface area (Å²) in [6.07, 6.45) is 2.19. The van der Waals surface area contributed by atoms with Crippen LogP contribution in [-0.4, -0.2) is 41.9 Å². The van der Waals surface area contributed by atoms with Crippen LogP contribution in [0.3, 0.4) is 0 Å². The number of amides is 2. The topological polar surface area (TPSA) is 79.4 Å². The SMILES string of the molecule is O=C(N[C@H]1CCS(=O)(=O)C1)N(Cc1ccccc1)Cc1nccs1. The van der Waals surface area contributed by atoms with Crippen molar-refractivity contribution >= 4 is 27.2 Å². The van der Waals surface area contributed by atoms with Crippen LogP contribution < -0.4 is 5.32 Å². The molecule has 2 heterocycles. The van der Waals surface area contributed by atoms with Gasteiger partial charge in [-0.15, -0.1) is 11.3 Å². The van der Waals surface area contributed by atoms with Crippen molar-refractivity contribution < 1.29 is 13.2 Å². The van der Waals surface area contributed by atoms with Crippen molar-refractivity contribution in [3.8, 4) is 0 Å².